The monoisotopic (exact) mass is 419 g/mol. The zero-order valence-corrected chi connectivity index (χ0v) is 17.0. The van der Waals surface area contributed by atoms with Crippen LogP contribution in [0, 0.1) is 5.82 Å². The van der Waals surface area contributed by atoms with E-state index in [0.29, 0.717) is 41.3 Å². The Morgan fingerprint density at radius 2 is 2.00 bits per heavy atom. The van der Waals surface area contributed by atoms with E-state index in [1.807, 2.05) is 16.8 Å². The van der Waals surface area contributed by atoms with Crippen molar-refractivity contribution < 1.29 is 9.13 Å². The van der Waals surface area contributed by atoms with E-state index in [-0.39, 0.29) is 17.8 Å². The number of hydrogen-bond donors (Lipinski definition) is 2. The lowest BCUT2D eigenvalue weighted by molar-refractivity contribution is 0.411. The lowest BCUT2D eigenvalue weighted by Gasteiger charge is -2.36. The van der Waals surface area contributed by atoms with Gasteiger partial charge in [-0.3, -0.25) is 0 Å². The first kappa shape index (κ1) is 19.1. The highest BCUT2D eigenvalue weighted by molar-refractivity contribution is 5.86. The summed E-state index contributed by atoms with van der Waals surface area (Å²) in [5, 5.41) is 5.20. The van der Waals surface area contributed by atoms with Crippen molar-refractivity contribution in [1.29, 1.82) is 0 Å². The predicted octanol–water partition coefficient (Wildman–Crippen LogP) is 2.94. The average Bonchev–Trinajstić information content (AvgIpc) is 3.19. The number of nitrogen functional groups attached to an aromatic ring is 2. The quantitative estimate of drug-likeness (QED) is 0.523. The van der Waals surface area contributed by atoms with Crippen molar-refractivity contribution in [2.45, 2.75) is 19.0 Å². The SMILES string of the molecule is COc1ccc(F)c(CN2CC(n3ncc4c(N)nc(N)nc43)Cc3ccccc32)c1. The van der Waals surface area contributed by atoms with Gasteiger partial charge in [0, 0.05) is 24.3 Å². The summed E-state index contributed by atoms with van der Waals surface area (Å²) >= 11 is 0. The topological polar surface area (TPSA) is 108 Å². The Bertz CT molecular complexity index is 1270. The summed E-state index contributed by atoms with van der Waals surface area (Å²) in [5.74, 6) is 0.774. The molecule has 3 heterocycles. The molecule has 0 amide bonds. The number of aromatic nitrogens is 4. The smallest absolute Gasteiger partial charge is 0.224 e. The molecule has 2 aromatic heterocycles. The van der Waals surface area contributed by atoms with E-state index in [1.165, 1.54) is 6.07 Å². The molecule has 9 heteroatoms. The van der Waals surface area contributed by atoms with Crippen molar-refractivity contribution in [1.82, 2.24) is 19.7 Å². The molecule has 0 radical (unpaired) electrons. The van der Waals surface area contributed by atoms with Crippen LogP contribution in [0.25, 0.3) is 11.0 Å². The maximum Gasteiger partial charge on any atom is 0.224 e. The van der Waals surface area contributed by atoms with E-state index in [0.717, 1.165) is 17.7 Å². The van der Waals surface area contributed by atoms with Gasteiger partial charge in [-0.05, 0) is 36.2 Å². The molecule has 0 saturated heterocycles. The number of rotatable bonds is 4. The highest BCUT2D eigenvalue weighted by Crippen LogP contribution is 2.35. The molecule has 2 aromatic carbocycles. The number of nitrogens with zero attached hydrogens (tertiary/aromatic N) is 5. The Labute approximate surface area is 178 Å². The second kappa shape index (κ2) is 7.42. The fourth-order valence-electron chi connectivity index (χ4n) is 4.21. The number of fused-ring (bicyclic) bond motifs is 2. The Morgan fingerprint density at radius 1 is 1.16 bits per heavy atom. The second-order valence-electron chi connectivity index (χ2n) is 7.62. The molecule has 1 unspecified atom stereocenters. The molecule has 4 N–H and O–H groups in total. The van der Waals surface area contributed by atoms with Crippen molar-refractivity contribution in [2.75, 3.05) is 30.0 Å². The Balaban J connectivity index is 1.55. The lowest BCUT2D eigenvalue weighted by Crippen LogP contribution is -2.37. The number of hydrogen-bond acceptors (Lipinski definition) is 7. The van der Waals surface area contributed by atoms with Crippen molar-refractivity contribution >= 4 is 28.5 Å². The molecule has 1 atom stereocenters. The number of methoxy groups -OCH3 is 1. The highest BCUT2D eigenvalue weighted by atomic mass is 19.1. The van der Waals surface area contributed by atoms with Gasteiger partial charge in [-0.1, -0.05) is 18.2 Å². The predicted molar refractivity (Wildman–Crippen MR) is 117 cm³/mol. The van der Waals surface area contributed by atoms with Crippen LogP contribution >= 0.6 is 0 Å². The van der Waals surface area contributed by atoms with Crippen LogP contribution in [0.15, 0.2) is 48.7 Å². The molecule has 0 aliphatic carbocycles. The third-order valence-electron chi connectivity index (χ3n) is 5.68. The van der Waals surface area contributed by atoms with Gasteiger partial charge in [0.2, 0.25) is 5.95 Å². The third-order valence-corrected chi connectivity index (χ3v) is 5.68. The highest BCUT2D eigenvalue weighted by Gasteiger charge is 2.28. The summed E-state index contributed by atoms with van der Waals surface area (Å²) in [4.78, 5) is 10.5. The maximum absolute atomic E-state index is 14.6. The van der Waals surface area contributed by atoms with Crippen molar-refractivity contribution in [2.24, 2.45) is 0 Å². The van der Waals surface area contributed by atoms with Gasteiger partial charge in [0.05, 0.1) is 24.7 Å². The number of benzene rings is 2. The first-order chi connectivity index (χ1) is 15.0. The van der Waals surface area contributed by atoms with Gasteiger partial charge in [-0.25, -0.2) is 9.07 Å². The maximum atomic E-state index is 14.6. The molecule has 31 heavy (non-hydrogen) atoms. The first-order valence-electron chi connectivity index (χ1n) is 9.95. The minimum absolute atomic E-state index is 0.0326. The normalized spacial score (nSPS) is 15.8. The molecule has 0 spiro atoms. The van der Waals surface area contributed by atoms with Crippen LogP contribution in [0.4, 0.5) is 21.8 Å². The van der Waals surface area contributed by atoms with Gasteiger partial charge in [-0.2, -0.15) is 15.1 Å². The summed E-state index contributed by atoms with van der Waals surface area (Å²) in [6.45, 7) is 1.02. The summed E-state index contributed by atoms with van der Waals surface area (Å²) in [6.07, 6.45) is 2.42. The van der Waals surface area contributed by atoms with Gasteiger partial charge in [0.1, 0.15) is 17.4 Å². The molecule has 5 rings (SSSR count). The minimum atomic E-state index is -0.266. The number of anilines is 3. The number of para-hydroxylation sites is 1. The largest absolute Gasteiger partial charge is 0.497 e. The fraction of sp³-hybridized carbons (Fsp3) is 0.227. The van der Waals surface area contributed by atoms with E-state index in [2.05, 4.69) is 32.1 Å². The molecule has 4 aromatic rings. The Hall–Kier alpha value is -3.88. The number of nitrogens with two attached hydrogens (primary N) is 2. The molecular weight excluding hydrogens is 397 g/mol. The van der Waals surface area contributed by atoms with Crippen LogP contribution in [0.5, 0.6) is 5.75 Å². The van der Waals surface area contributed by atoms with Crippen molar-refractivity contribution in [3.05, 3.63) is 65.6 Å². The molecule has 8 nitrogen and oxygen atoms in total. The van der Waals surface area contributed by atoms with Gasteiger partial charge in [-0.15, -0.1) is 0 Å². The van der Waals surface area contributed by atoms with Crippen LogP contribution in [0.1, 0.15) is 17.2 Å². The van der Waals surface area contributed by atoms with Crippen LogP contribution in [0.3, 0.4) is 0 Å². The molecule has 1 aliphatic heterocycles. The first-order valence-corrected chi connectivity index (χ1v) is 9.95. The minimum Gasteiger partial charge on any atom is -0.497 e. The van der Waals surface area contributed by atoms with Gasteiger partial charge >= 0.3 is 0 Å². The Morgan fingerprint density at radius 3 is 2.84 bits per heavy atom. The molecule has 1 aliphatic rings. The molecular formula is C22H22FN7O. The molecule has 0 saturated carbocycles. The summed E-state index contributed by atoms with van der Waals surface area (Å²) in [5.41, 5.74) is 15.2. The zero-order chi connectivity index (χ0) is 21.5. The second-order valence-corrected chi connectivity index (χ2v) is 7.62. The Kier molecular flexibility index (Phi) is 4.58. The summed E-state index contributed by atoms with van der Waals surface area (Å²) in [7, 11) is 1.57. The van der Waals surface area contributed by atoms with E-state index >= 15 is 0 Å². The van der Waals surface area contributed by atoms with Crippen LogP contribution in [-0.4, -0.2) is 33.4 Å². The van der Waals surface area contributed by atoms with Crippen LogP contribution in [0.2, 0.25) is 0 Å². The number of ether oxygens (including phenoxy) is 1. The van der Waals surface area contributed by atoms with Gasteiger partial charge in [0.15, 0.2) is 5.65 Å². The van der Waals surface area contributed by atoms with Crippen LogP contribution < -0.4 is 21.1 Å². The van der Waals surface area contributed by atoms with Crippen molar-refractivity contribution in [3.63, 3.8) is 0 Å². The van der Waals surface area contributed by atoms with Gasteiger partial charge in [0.25, 0.3) is 0 Å². The van der Waals surface area contributed by atoms with Gasteiger partial charge < -0.3 is 21.1 Å². The van der Waals surface area contributed by atoms with E-state index in [9.17, 15) is 4.39 Å². The average molecular weight is 419 g/mol. The summed E-state index contributed by atoms with van der Waals surface area (Å²) < 4.78 is 21.7. The van der Waals surface area contributed by atoms with Crippen molar-refractivity contribution in [3.8, 4) is 5.75 Å². The molecule has 0 bridgehead atoms. The van der Waals surface area contributed by atoms with E-state index in [4.69, 9.17) is 16.2 Å². The fourth-order valence-corrected chi connectivity index (χ4v) is 4.21. The van der Waals surface area contributed by atoms with E-state index in [1.54, 1.807) is 25.4 Å². The standard InChI is InChI=1S/C22H22FN7O/c1-31-16-6-7-18(23)14(9-16)11-29-12-15(8-13-4-2-3-5-19(13)29)30-21-17(10-26-30)20(24)27-22(25)28-21/h2-7,9-10,15H,8,11-12H2,1H3,(H4,24,25,27,28). The molecule has 158 valence electrons. The lowest BCUT2D eigenvalue weighted by atomic mass is 9.97. The third kappa shape index (κ3) is 3.37. The van der Waals surface area contributed by atoms with Crippen LogP contribution in [-0.2, 0) is 13.0 Å². The molecule has 0 fully saturated rings. The zero-order valence-electron chi connectivity index (χ0n) is 17.0. The number of halogens is 1. The van der Waals surface area contributed by atoms with E-state index < -0.39 is 0 Å². The summed E-state index contributed by atoms with van der Waals surface area (Å²) in [6, 6.07) is 12.9.